The molecule has 5 nitrogen and oxygen atoms in total. The fourth-order valence-corrected chi connectivity index (χ4v) is 3.38. The number of benzene rings is 2. The van der Waals surface area contributed by atoms with Crippen LogP contribution >= 0.6 is 11.6 Å². The Morgan fingerprint density at radius 2 is 1.67 bits per heavy atom. The molecule has 0 aliphatic heterocycles. The number of rotatable bonds is 8. The van der Waals surface area contributed by atoms with Gasteiger partial charge in [0.25, 0.3) is 5.91 Å². The molecule has 1 amide bonds. The van der Waals surface area contributed by atoms with Crippen molar-refractivity contribution in [2.75, 3.05) is 0 Å². The third-order valence-electron chi connectivity index (χ3n) is 4.99. The smallest absolute Gasteiger partial charge is 0.317 e. The number of hydrogen-bond acceptors (Lipinski definition) is 4. The Bertz CT molecular complexity index is 947. The summed E-state index contributed by atoms with van der Waals surface area (Å²) in [5.41, 5.74) is 1.20. The number of carbonyl (C=O) groups excluding carboxylic acids is 1. The third-order valence-corrected chi connectivity index (χ3v) is 5.25. The average molecular weight is 424 g/mol. The van der Waals surface area contributed by atoms with Gasteiger partial charge in [-0.3, -0.25) is 4.79 Å². The number of ether oxygens (including phenoxy) is 1. The van der Waals surface area contributed by atoms with E-state index >= 15 is 0 Å². The molecule has 6 heteroatoms. The molecule has 30 heavy (non-hydrogen) atoms. The molecule has 0 saturated heterocycles. The van der Waals surface area contributed by atoms with Gasteiger partial charge in [-0.05, 0) is 56.5 Å². The molecule has 1 aromatic heterocycles. The highest BCUT2D eigenvalue weighted by molar-refractivity contribution is 6.30. The lowest BCUT2D eigenvalue weighted by Gasteiger charge is -2.30. The van der Waals surface area contributed by atoms with E-state index in [0.717, 1.165) is 17.5 Å². The Morgan fingerprint density at radius 1 is 1.03 bits per heavy atom. The third kappa shape index (κ3) is 5.80. The van der Waals surface area contributed by atoms with E-state index in [9.17, 15) is 4.79 Å². The highest BCUT2D eigenvalue weighted by Gasteiger charge is 2.33. The van der Waals surface area contributed by atoms with Gasteiger partial charge in [0.15, 0.2) is 5.60 Å². The zero-order valence-electron chi connectivity index (χ0n) is 17.4. The Kier molecular flexibility index (Phi) is 7.06. The molecule has 0 saturated carbocycles. The summed E-state index contributed by atoms with van der Waals surface area (Å²) in [5.74, 6) is -0.139. The molecule has 1 N–H and O–H groups in total. The lowest BCUT2D eigenvalue weighted by molar-refractivity contribution is -0.135. The molecular weight excluding hydrogens is 398 g/mol. The fraction of sp³-hybridized carbons (Fsp3) is 0.292. The van der Waals surface area contributed by atoms with Crippen molar-refractivity contribution in [3.63, 3.8) is 0 Å². The lowest BCUT2D eigenvalue weighted by atomic mass is 9.86. The monoisotopic (exact) mass is 423 g/mol. The summed E-state index contributed by atoms with van der Waals surface area (Å²) in [4.78, 5) is 21.1. The number of hydrogen-bond donors (Lipinski definition) is 1. The van der Waals surface area contributed by atoms with Gasteiger partial charge in [-0.15, -0.1) is 0 Å². The number of nitrogens with zero attached hydrogens (tertiary/aromatic N) is 2. The highest BCUT2D eigenvalue weighted by Crippen LogP contribution is 2.26. The molecule has 0 radical (unpaired) electrons. The first-order valence-corrected chi connectivity index (χ1v) is 10.3. The molecule has 0 fully saturated rings. The fourth-order valence-electron chi connectivity index (χ4n) is 3.25. The Balaban J connectivity index is 1.76. The molecular formula is C24H26ClN3O2. The molecule has 0 spiro atoms. The number of amides is 1. The first-order valence-electron chi connectivity index (χ1n) is 9.91. The first kappa shape index (κ1) is 21.8. The Hall–Kier alpha value is -2.92. The van der Waals surface area contributed by atoms with Crippen LogP contribution in [0.1, 0.15) is 37.8 Å². The second-order valence-electron chi connectivity index (χ2n) is 7.75. The largest absolute Gasteiger partial charge is 0.447 e. The van der Waals surface area contributed by atoms with Gasteiger partial charge in [0.1, 0.15) is 0 Å². The summed E-state index contributed by atoms with van der Waals surface area (Å²) in [7, 11) is 0. The van der Waals surface area contributed by atoms with E-state index in [1.807, 2.05) is 49.4 Å². The van der Waals surface area contributed by atoms with Crippen molar-refractivity contribution in [3.05, 3.63) is 89.2 Å². The summed E-state index contributed by atoms with van der Waals surface area (Å²) in [6.45, 7) is 5.44. The topological polar surface area (TPSA) is 64.1 Å². The standard InChI is InChI=1S/C24H26ClN3O2/c1-17(28-22(29)24(2,3)30-23-26-14-7-15-27-23)21(19-8-5-4-6-9-19)16-18-10-12-20(25)13-11-18/h4-15,17,21H,16H2,1-3H3,(H,28,29)/t17-,21+/m0/s1. The summed E-state index contributed by atoms with van der Waals surface area (Å²) in [6.07, 6.45) is 3.93. The lowest BCUT2D eigenvalue weighted by Crippen LogP contribution is -2.51. The van der Waals surface area contributed by atoms with Crippen LogP contribution in [0.2, 0.25) is 5.02 Å². The second kappa shape index (κ2) is 9.72. The van der Waals surface area contributed by atoms with Crippen LogP contribution in [0, 0.1) is 0 Å². The van der Waals surface area contributed by atoms with Crippen molar-refractivity contribution < 1.29 is 9.53 Å². The van der Waals surface area contributed by atoms with Crippen molar-refractivity contribution in [1.82, 2.24) is 15.3 Å². The van der Waals surface area contributed by atoms with Gasteiger partial charge < -0.3 is 10.1 Å². The van der Waals surface area contributed by atoms with Crippen LogP contribution in [0.5, 0.6) is 6.01 Å². The predicted molar refractivity (Wildman–Crippen MR) is 119 cm³/mol. The van der Waals surface area contributed by atoms with Gasteiger partial charge in [0.05, 0.1) is 0 Å². The SMILES string of the molecule is C[C@H](NC(=O)C(C)(C)Oc1ncccn1)[C@@H](Cc1ccc(Cl)cc1)c1ccccc1. The van der Waals surface area contributed by atoms with Gasteiger partial charge >= 0.3 is 6.01 Å². The van der Waals surface area contributed by atoms with E-state index in [-0.39, 0.29) is 23.9 Å². The molecule has 3 aromatic rings. The maximum atomic E-state index is 13.0. The maximum absolute atomic E-state index is 13.0. The van der Waals surface area contributed by atoms with Crippen LogP contribution in [0.25, 0.3) is 0 Å². The van der Waals surface area contributed by atoms with Crippen LogP contribution in [0.4, 0.5) is 0 Å². The van der Waals surface area contributed by atoms with Gasteiger partial charge in [-0.2, -0.15) is 0 Å². The molecule has 2 aromatic carbocycles. The maximum Gasteiger partial charge on any atom is 0.317 e. The Labute approximate surface area is 182 Å². The minimum absolute atomic E-state index is 0.0834. The molecule has 156 valence electrons. The molecule has 1 heterocycles. The molecule has 0 aliphatic rings. The number of nitrogens with one attached hydrogen (secondary N) is 1. The molecule has 2 atom stereocenters. The van der Waals surface area contributed by atoms with Gasteiger partial charge in [0, 0.05) is 29.4 Å². The summed E-state index contributed by atoms with van der Waals surface area (Å²) >= 11 is 6.03. The van der Waals surface area contributed by atoms with Crippen molar-refractivity contribution >= 4 is 17.5 Å². The van der Waals surface area contributed by atoms with Gasteiger partial charge in [0.2, 0.25) is 0 Å². The minimum Gasteiger partial charge on any atom is -0.447 e. The highest BCUT2D eigenvalue weighted by atomic mass is 35.5. The molecule has 3 rings (SSSR count). The molecule has 0 bridgehead atoms. The summed E-state index contributed by atoms with van der Waals surface area (Å²) < 4.78 is 5.73. The van der Waals surface area contributed by atoms with Gasteiger partial charge in [-0.1, -0.05) is 54.1 Å². The molecule has 0 unspecified atom stereocenters. The van der Waals surface area contributed by atoms with E-state index in [0.29, 0.717) is 5.02 Å². The van der Waals surface area contributed by atoms with Crippen LogP contribution in [-0.2, 0) is 11.2 Å². The molecule has 0 aliphatic carbocycles. The zero-order valence-corrected chi connectivity index (χ0v) is 18.1. The quantitative estimate of drug-likeness (QED) is 0.564. The van der Waals surface area contributed by atoms with E-state index in [1.54, 1.807) is 32.3 Å². The average Bonchev–Trinajstić information content (AvgIpc) is 2.74. The van der Waals surface area contributed by atoms with E-state index in [1.165, 1.54) is 0 Å². The second-order valence-corrected chi connectivity index (χ2v) is 8.19. The zero-order chi connectivity index (χ0) is 21.6. The van der Waals surface area contributed by atoms with Crippen LogP contribution in [-0.4, -0.2) is 27.5 Å². The predicted octanol–water partition coefficient (Wildman–Crippen LogP) is 4.82. The van der Waals surface area contributed by atoms with Gasteiger partial charge in [-0.25, -0.2) is 9.97 Å². The van der Waals surface area contributed by atoms with Crippen molar-refractivity contribution in [1.29, 1.82) is 0 Å². The minimum atomic E-state index is -1.11. The summed E-state index contributed by atoms with van der Waals surface area (Å²) in [5, 5.41) is 3.83. The summed E-state index contributed by atoms with van der Waals surface area (Å²) in [6, 6.07) is 19.7. The van der Waals surface area contributed by atoms with Crippen molar-refractivity contribution in [3.8, 4) is 6.01 Å². The van der Waals surface area contributed by atoms with Crippen LogP contribution in [0.15, 0.2) is 73.1 Å². The Morgan fingerprint density at radius 3 is 2.30 bits per heavy atom. The first-order chi connectivity index (χ1) is 14.3. The van der Waals surface area contributed by atoms with E-state index in [2.05, 4.69) is 27.4 Å². The van der Waals surface area contributed by atoms with Crippen LogP contribution < -0.4 is 10.1 Å². The number of aromatic nitrogens is 2. The van der Waals surface area contributed by atoms with Crippen molar-refractivity contribution in [2.45, 2.75) is 44.8 Å². The normalized spacial score (nSPS) is 13.3. The number of halogens is 1. The number of carbonyl (C=O) groups is 1. The van der Waals surface area contributed by atoms with E-state index in [4.69, 9.17) is 16.3 Å². The van der Waals surface area contributed by atoms with Crippen LogP contribution in [0.3, 0.4) is 0 Å². The van der Waals surface area contributed by atoms with Crippen molar-refractivity contribution in [2.24, 2.45) is 0 Å². The van der Waals surface area contributed by atoms with E-state index < -0.39 is 5.60 Å².